The molecular formula is C15H20N2O2. The van der Waals surface area contributed by atoms with Crippen molar-refractivity contribution in [2.45, 2.75) is 33.2 Å². The monoisotopic (exact) mass is 260 g/mol. The fourth-order valence-electron chi connectivity index (χ4n) is 1.86. The van der Waals surface area contributed by atoms with Crippen molar-refractivity contribution in [1.29, 1.82) is 0 Å². The maximum Gasteiger partial charge on any atom is 0.231 e. The summed E-state index contributed by atoms with van der Waals surface area (Å²) < 4.78 is 12.5. The van der Waals surface area contributed by atoms with Crippen LogP contribution in [-0.4, -0.2) is 16.3 Å². The number of fused-ring (bicyclic) bond motifs is 1. The Balaban J connectivity index is 0.000000163. The van der Waals surface area contributed by atoms with Crippen LogP contribution in [0.4, 0.5) is 0 Å². The first-order valence-corrected chi connectivity index (χ1v) is 6.67. The van der Waals surface area contributed by atoms with Crippen LogP contribution in [0.3, 0.4) is 0 Å². The summed E-state index contributed by atoms with van der Waals surface area (Å²) in [6.07, 6.45) is 7.81. The van der Waals surface area contributed by atoms with Crippen LogP contribution >= 0.6 is 0 Å². The topological polar surface area (TPSA) is 36.3 Å². The Morgan fingerprint density at radius 1 is 1.21 bits per heavy atom. The van der Waals surface area contributed by atoms with Crippen molar-refractivity contribution >= 4 is 0 Å². The number of aryl methyl sites for hydroxylation is 2. The van der Waals surface area contributed by atoms with Crippen molar-refractivity contribution in [2.24, 2.45) is 0 Å². The largest absolute Gasteiger partial charge is 0.454 e. The predicted octanol–water partition coefficient (Wildman–Crippen LogP) is 3.27. The van der Waals surface area contributed by atoms with Crippen molar-refractivity contribution in [2.75, 3.05) is 6.79 Å². The van der Waals surface area contributed by atoms with Crippen LogP contribution in [0.2, 0.25) is 0 Å². The standard InChI is InChI=1S/C10H12O2.C5H8N2/c1-2-3-8-4-5-9-10(6-8)12-7-11-9;1-2-7-4-3-6-5-7/h4-6H,2-3,7H2,1H3;3-5H,2H2,1H3. The summed E-state index contributed by atoms with van der Waals surface area (Å²) in [7, 11) is 0. The van der Waals surface area contributed by atoms with Crippen LogP contribution in [0.5, 0.6) is 11.5 Å². The fraction of sp³-hybridized carbons (Fsp3) is 0.400. The van der Waals surface area contributed by atoms with Gasteiger partial charge in [-0.3, -0.25) is 0 Å². The molecule has 19 heavy (non-hydrogen) atoms. The average Bonchev–Trinajstić information content (AvgIpc) is 3.10. The summed E-state index contributed by atoms with van der Waals surface area (Å²) in [6, 6.07) is 6.14. The van der Waals surface area contributed by atoms with Gasteiger partial charge in [0.05, 0.1) is 6.33 Å². The quantitative estimate of drug-likeness (QED) is 0.849. The highest BCUT2D eigenvalue weighted by Crippen LogP contribution is 2.32. The van der Waals surface area contributed by atoms with Crippen LogP contribution in [0.25, 0.3) is 0 Å². The van der Waals surface area contributed by atoms with Gasteiger partial charge in [0.2, 0.25) is 6.79 Å². The van der Waals surface area contributed by atoms with Crippen molar-refractivity contribution in [1.82, 2.24) is 9.55 Å². The molecule has 0 radical (unpaired) electrons. The molecule has 1 aromatic carbocycles. The molecule has 0 bridgehead atoms. The molecule has 0 atom stereocenters. The van der Waals surface area contributed by atoms with E-state index >= 15 is 0 Å². The predicted molar refractivity (Wildman–Crippen MR) is 74.5 cm³/mol. The van der Waals surface area contributed by atoms with E-state index in [1.807, 2.05) is 16.8 Å². The van der Waals surface area contributed by atoms with Gasteiger partial charge in [0.1, 0.15) is 0 Å². The van der Waals surface area contributed by atoms with Gasteiger partial charge in [-0.1, -0.05) is 19.4 Å². The van der Waals surface area contributed by atoms with Crippen LogP contribution in [0, 0.1) is 0 Å². The third-order valence-electron chi connectivity index (χ3n) is 2.90. The van der Waals surface area contributed by atoms with Gasteiger partial charge in [-0.25, -0.2) is 4.98 Å². The highest BCUT2D eigenvalue weighted by Gasteiger charge is 2.12. The minimum Gasteiger partial charge on any atom is -0.454 e. The third kappa shape index (κ3) is 3.74. The molecule has 0 saturated carbocycles. The van der Waals surface area contributed by atoms with Crippen LogP contribution in [0.1, 0.15) is 25.8 Å². The van der Waals surface area contributed by atoms with Gasteiger partial charge in [0.25, 0.3) is 0 Å². The van der Waals surface area contributed by atoms with E-state index in [0.717, 1.165) is 24.5 Å². The second-order valence-electron chi connectivity index (χ2n) is 4.33. The Kier molecular flexibility index (Phi) is 4.84. The highest BCUT2D eigenvalue weighted by atomic mass is 16.7. The van der Waals surface area contributed by atoms with Crippen LogP contribution in [-0.2, 0) is 13.0 Å². The first kappa shape index (κ1) is 13.5. The molecule has 1 aliphatic rings. The normalized spacial score (nSPS) is 11.9. The summed E-state index contributed by atoms with van der Waals surface area (Å²) in [5, 5.41) is 0. The van der Waals surface area contributed by atoms with Gasteiger partial charge in [-0.05, 0) is 31.0 Å². The van der Waals surface area contributed by atoms with Crippen LogP contribution < -0.4 is 9.47 Å². The SMILES string of the molecule is CCCc1ccc2c(c1)OCO2.CCn1ccnc1. The zero-order valence-corrected chi connectivity index (χ0v) is 11.5. The maximum atomic E-state index is 5.26. The van der Waals surface area contributed by atoms with E-state index in [1.54, 1.807) is 12.5 Å². The lowest BCUT2D eigenvalue weighted by Gasteiger charge is -1.99. The summed E-state index contributed by atoms with van der Waals surface area (Å²) >= 11 is 0. The summed E-state index contributed by atoms with van der Waals surface area (Å²) in [5.41, 5.74) is 1.32. The molecule has 0 N–H and O–H groups in total. The number of hydrogen-bond acceptors (Lipinski definition) is 3. The molecule has 0 fully saturated rings. The van der Waals surface area contributed by atoms with Gasteiger partial charge >= 0.3 is 0 Å². The van der Waals surface area contributed by atoms with Crippen molar-refractivity contribution in [3.8, 4) is 11.5 Å². The average molecular weight is 260 g/mol. The number of rotatable bonds is 3. The summed E-state index contributed by atoms with van der Waals surface area (Å²) in [4.78, 5) is 3.86. The molecule has 2 aromatic rings. The van der Waals surface area contributed by atoms with Gasteiger partial charge < -0.3 is 14.0 Å². The number of imidazole rings is 1. The number of aromatic nitrogens is 2. The molecule has 0 aliphatic carbocycles. The molecule has 2 heterocycles. The third-order valence-corrected chi connectivity index (χ3v) is 2.90. The van der Waals surface area contributed by atoms with E-state index in [2.05, 4.69) is 31.0 Å². The molecule has 1 aliphatic heterocycles. The molecule has 0 unspecified atom stereocenters. The van der Waals surface area contributed by atoms with Gasteiger partial charge in [0.15, 0.2) is 11.5 Å². The zero-order chi connectivity index (χ0) is 13.5. The second-order valence-corrected chi connectivity index (χ2v) is 4.33. The molecule has 0 saturated heterocycles. The van der Waals surface area contributed by atoms with Crippen molar-refractivity contribution < 1.29 is 9.47 Å². The van der Waals surface area contributed by atoms with Crippen molar-refractivity contribution in [3.05, 3.63) is 42.5 Å². The highest BCUT2D eigenvalue weighted by molar-refractivity contribution is 5.44. The molecule has 0 spiro atoms. The van der Waals surface area contributed by atoms with Gasteiger partial charge in [0, 0.05) is 18.9 Å². The lowest BCUT2D eigenvalue weighted by Crippen LogP contribution is -1.92. The lowest BCUT2D eigenvalue weighted by atomic mass is 10.1. The Labute approximate surface area is 114 Å². The van der Waals surface area contributed by atoms with E-state index in [4.69, 9.17) is 9.47 Å². The number of hydrogen-bond donors (Lipinski definition) is 0. The molecule has 4 heteroatoms. The fourth-order valence-corrected chi connectivity index (χ4v) is 1.86. The Morgan fingerprint density at radius 2 is 2.05 bits per heavy atom. The first-order valence-electron chi connectivity index (χ1n) is 6.67. The molecule has 4 nitrogen and oxygen atoms in total. The Bertz CT molecular complexity index is 495. The molecule has 3 rings (SSSR count). The summed E-state index contributed by atoms with van der Waals surface area (Å²) in [5.74, 6) is 1.76. The van der Waals surface area contributed by atoms with Crippen molar-refractivity contribution in [3.63, 3.8) is 0 Å². The first-order chi connectivity index (χ1) is 9.33. The Hall–Kier alpha value is -1.97. The maximum absolute atomic E-state index is 5.26. The van der Waals surface area contributed by atoms with E-state index in [1.165, 1.54) is 12.0 Å². The molecule has 1 aromatic heterocycles. The number of benzene rings is 1. The smallest absolute Gasteiger partial charge is 0.231 e. The Morgan fingerprint density at radius 3 is 2.68 bits per heavy atom. The molecule has 102 valence electrons. The number of ether oxygens (including phenoxy) is 2. The minimum absolute atomic E-state index is 0.366. The molecular weight excluding hydrogens is 240 g/mol. The van der Waals surface area contributed by atoms with E-state index in [-0.39, 0.29) is 0 Å². The minimum atomic E-state index is 0.366. The molecule has 0 amide bonds. The second kappa shape index (κ2) is 6.83. The summed E-state index contributed by atoms with van der Waals surface area (Å²) in [6.45, 7) is 5.64. The van der Waals surface area contributed by atoms with E-state index in [0.29, 0.717) is 6.79 Å². The van der Waals surface area contributed by atoms with Gasteiger partial charge in [-0.15, -0.1) is 0 Å². The zero-order valence-electron chi connectivity index (χ0n) is 11.5. The van der Waals surface area contributed by atoms with Crippen LogP contribution in [0.15, 0.2) is 36.9 Å². The van der Waals surface area contributed by atoms with E-state index < -0.39 is 0 Å². The van der Waals surface area contributed by atoms with Gasteiger partial charge in [-0.2, -0.15) is 0 Å². The number of nitrogens with zero attached hydrogens (tertiary/aromatic N) is 2. The lowest BCUT2D eigenvalue weighted by molar-refractivity contribution is 0.174. The van der Waals surface area contributed by atoms with E-state index in [9.17, 15) is 0 Å².